The molecule has 2 heterocycles. The second-order valence-electron chi connectivity index (χ2n) is 6.07. The number of amides is 1. The molecule has 26 heavy (non-hydrogen) atoms. The zero-order chi connectivity index (χ0) is 17.9. The van der Waals surface area contributed by atoms with Gasteiger partial charge in [0.2, 0.25) is 0 Å². The summed E-state index contributed by atoms with van der Waals surface area (Å²) >= 11 is 5.08. The molecule has 1 saturated heterocycles. The van der Waals surface area contributed by atoms with Crippen LogP contribution in [0.1, 0.15) is 17.5 Å². The maximum atomic E-state index is 12.5. The summed E-state index contributed by atoms with van der Waals surface area (Å²) in [6.07, 6.45) is 2.85. The summed E-state index contributed by atoms with van der Waals surface area (Å²) in [5.74, 6) is 1.79. The Morgan fingerprint density at radius 1 is 1.23 bits per heavy atom. The Morgan fingerprint density at radius 2 is 2.08 bits per heavy atom. The number of carbonyl (C=O) groups excluding carboxylic acids is 1. The van der Waals surface area contributed by atoms with Crippen LogP contribution in [0, 0.1) is 0 Å². The van der Waals surface area contributed by atoms with Crippen LogP contribution in [0.25, 0.3) is 6.08 Å². The minimum Gasteiger partial charge on any atom is -0.489 e. The van der Waals surface area contributed by atoms with E-state index in [-0.39, 0.29) is 5.91 Å². The highest BCUT2D eigenvalue weighted by Gasteiger charge is 2.32. The molecule has 2 aromatic carbocycles. The monoisotopic (exact) mass is 428 g/mol. The average molecular weight is 429 g/mol. The van der Waals surface area contributed by atoms with Crippen LogP contribution in [0.15, 0.2) is 63.7 Å². The van der Waals surface area contributed by atoms with Gasteiger partial charge >= 0.3 is 0 Å². The van der Waals surface area contributed by atoms with Gasteiger partial charge in [-0.3, -0.25) is 9.69 Å². The smallest absolute Gasteiger partial charge is 0.278 e. The second kappa shape index (κ2) is 7.68. The van der Waals surface area contributed by atoms with Gasteiger partial charge in [-0.15, -0.1) is 0 Å². The van der Waals surface area contributed by atoms with Crippen LogP contribution < -0.4 is 4.74 Å². The van der Waals surface area contributed by atoms with Crippen molar-refractivity contribution in [1.82, 2.24) is 4.90 Å². The van der Waals surface area contributed by atoms with Gasteiger partial charge in [0.1, 0.15) is 18.1 Å². The van der Waals surface area contributed by atoms with Crippen molar-refractivity contribution in [3.05, 3.63) is 69.8 Å². The third-order valence-electron chi connectivity index (χ3n) is 4.15. The summed E-state index contributed by atoms with van der Waals surface area (Å²) in [5.41, 5.74) is 2.51. The number of hydrogen-bond donors (Lipinski definition) is 0. The molecule has 0 N–H and O–H groups in total. The molecule has 4 nitrogen and oxygen atoms in total. The number of nitrogens with zero attached hydrogens (tertiary/aromatic N) is 2. The number of hydrogen-bond acceptors (Lipinski definition) is 4. The van der Waals surface area contributed by atoms with Crippen LogP contribution in [0.3, 0.4) is 0 Å². The Kier molecular flexibility index (Phi) is 5.13. The Hall–Kier alpha value is -2.05. The van der Waals surface area contributed by atoms with Gasteiger partial charge in [0, 0.05) is 16.8 Å². The lowest BCUT2D eigenvalue weighted by Gasteiger charge is -2.21. The fraction of sp³-hybridized carbons (Fsp3) is 0.200. The topological polar surface area (TPSA) is 41.9 Å². The van der Waals surface area contributed by atoms with Gasteiger partial charge in [-0.2, -0.15) is 0 Å². The number of aliphatic imine (C=N–C) groups is 1. The van der Waals surface area contributed by atoms with E-state index in [1.165, 1.54) is 0 Å². The number of carbonyl (C=O) groups is 1. The molecule has 0 bridgehead atoms. The van der Waals surface area contributed by atoms with E-state index >= 15 is 0 Å². The summed E-state index contributed by atoms with van der Waals surface area (Å²) in [6.45, 7) is 1.26. The predicted octanol–water partition coefficient (Wildman–Crippen LogP) is 4.70. The van der Waals surface area contributed by atoms with Crippen molar-refractivity contribution in [3.8, 4) is 5.75 Å². The molecule has 0 radical (unpaired) electrons. The lowest BCUT2D eigenvalue weighted by Crippen LogP contribution is -2.34. The first-order chi connectivity index (χ1) is 12.7. The van der Waals surface area contributed by atoms with Crippen molar-refractivity contribution in [2.24, 2.45) is 4.99 Å². The molecule has 0 saturated carbocycles. The molecular weight excluding hydrogens is 412 g/mol. The molecule has 1 fully saturated rings. The Bertz CT molecular complexity index is 893. The number of thioether (sulfide) groups is 1. The van der Waals surface area contributed by atoms with Gasteiger partial charge < -0.3 is 4.74 Å². The van der Waals surface area contributed by atoms with Gasteiger partial charge in [-0.1, -0.05) is 52.0 Å². The van der Waals surface area contributed by atoms with Crippen LogP contribution in [0.4, 0.5) is 0 Å². The largest absolute Gasteiger partial charge is 0.489 e. The van der Waals surface area contributed by atoms with Gasteiger partial charge in [0.05, 0.1) is 0 Å². The van der Waals surface area contributed by atoms with Gasteiger partial charge in [0.15, 0.2) is 5.17 Å². The minimum absolute atomic E-state index is 0.00613. The Labute approximate surface area is 165 Å². The number of halogens is 1. The molecule has 132 valence electrons. The second-order valence-corrected chi connectivity index (χ2v) is 8.05. The average Bonchev–Trinajstić information content (AvgIpc) is 2.98. The van der Waals surface area contributed by atoms with Crippen molar-refractivity contribution >= 4 is 44.8 Å². The van der Waals surface area contributed by atoms with E-state index in [2.05, 4.69) is 20.9 Å². The first kappa shape index (κ1) is 17.4. The van der Waals surface area contributed by atoms with E-state index in [9.17, 15) is 4.79 Å². The van der Waals surface area contributed by atoms with Crippen LogP contribution in [0.2, 0.25) is 0 Å². The molecule has 1 amide bonds. The zero-order valence-corrected chi connectivity index (χ0v) is 16.4. The van der Waals surface area contributed by atoms with E-state index in [1.807, 2.05) is 54.6 Å². The summed E-state index contributed by atoms with van der Waals surface area (Å²) in [7, 11) is 0. The summed E-state index contributed by atoms with van der Waals surface area (Å²) in [5, 5.41) is 0.829. The first-order valence-electron chi connectivity index (χ1n) is 8.41. The number of rotatable bonds is 4. The minimum atomic E-state index is -0.00613. The fourth-order valence-electron chi connectivity index (χ4n) is 2.82. The fourth-order valence-corrected chi connectivity index (χ4v) is 4.04. The third-order valence-corrected chi connectivity index (χ3v) is 5.74. The van der Waals surface area contributed by atoms with Crippen molar-refractivity contribution < 1.29 is 9.53 Å². The van der Waals surface area contributed by atoms with Gasteiger partial charge in [0.25, 0.3) is 5.91 Å². The Morgan fingerprint density at radius 3 is 2.88 bits per heavy atom. The summed E-state index contributed by atoms with van der Waals surface area (Å²) in [4.78, 5) is 18.7. The zero-order valence-electron chi connectivity index (χ0n) is 14.0. The molecule has 0 spiro atoms. The Balaban J connectivity index is 1.48. The molecule has 4 rings (SSSR count). The molecule has 2 aliphatic heterocycles. The lowest BCUT2D eigenvalue weighted by atomic mass is 10.1. The third kappa shape index (κ3) is 3.86. The number of benzene rings is 2. The number of amidine groups is 1. The molecular formula is C20H17BrN2O2S. The molecule has 0 unspecified atom stereocenters. The quantitative estimate of drug-likeness (QED) is 0.662. The highest BCUT2D eigenvalue weighted by Crippen LogP contribution is 2.28. The molecule has 2 aliphatic rings. The van der Waals surface area contributed by atoms with Crippen molar-refractivity contribution in [2.45, 2.75) is 13.0 Å². The van der Waals surface area contributed by atoms with Crippen LogP contribution >= 0.6 is 27.7 Å². The van der Waals surface area contributed by atoms with E-state index < -0.39 is 0 Å². The van der Waals surface area contributed by atoms with E-state index in [4.69, 9.17) is 4.74 Å². The summed E-state index contributed by atoms with van der Waals surface area (Å²) < 4.78 is 6.93. The van der Waals surface area contributed by atoms with Crippen LogP contribution in [-0.4, -0.2) is 28.3 Å². The van der Waals surface area contributed by atoms with Crippen LogP contribution in [-0.2, 0) is 11.4 Å². The number of ether oxygens (including phenoxy) is 1. The maximum absolute atomic E-state index is 12.5. The summed E-state index contributed by atoms with van der Waals surface area (Å²) in [6, 6.07) is 15.8. The first-order valence-corrected chi connectivity index (χ1v) is 10.2. The van der Waals surface area contributed by atoms with Crippen LogP contribution in [0.5, 0.6) is 5.75 Å². The molecule has 6 heteroatoms. The van der Waals surface area contributed by atoms with E-state index in [1.54, 1.807) is 16.7 Å². The standard InChI is InChI=1S/C20H17BrN2O2S/c21-16-7-5-14(6-8-16)13-25-17-4-1-3-15(11-17)12-18-19(24)23-9-2-10-26-20(23)22-18/h1,3-8,11-12H,2,9-10,13H2/b18-12+. The van der Waals surface area contributed by atoms with Crippen molar-refractivity contribution in [2.75, 3.05) is 12.3 Å². The van der Waals surface area contributed by atoms with Gasteiger partial charge in [-0.05, 0) is 47.9 Å². The van der Waals surface area contributed by atoms with E-state index in [0.717, 1.165) is 45.2 Å². The predicted molar refractivity (Wildman–Crippen MR) is 109 cm³/mol. The van der Waals surface area contributed by atoms with Crippen molar-refractivity contribution in [1.29, 1.82) is 0 Å². The van der Waals surface area contributed by atoms with Gasteiger partial charge in [-0.25, -0.2) is 4.99 Å². The normalized spacial score (nSPS) is 18.0. The van der Waals surface area contributed by atoms with Crippen molar-refractivity contribution in [3.63, 3.8) is 0 Å². The maximum Gasteiger partial charge on any atom is 0.278 e. The van der Waals surface area contributed by atoms with E-state index in [0.29, 0.717) is 12.3 Å². The number of fused-ring (bicyclic) bond motifs is 1. The highest BCUT2D eigenvalue weighted by molar-refractivity contribution is 9.10. The molecule has 2 aromatic rings. The molecule has 0 atom stereocenters. The molecule has 0 aliphatic carbocycles. The molecule has 0 aromatic heterocycles. The SMILES string of the molecule is O=C1/C(=C\c2cccc(OCc3ccc(Br)cc3)c2)N=C2SCCCN12. The highest BCUT2D eigenvalue weighted by atomic mass is 79.9. The lowest BCUT2D eigenvalue weighted by molar-refractivity contribution is -0.122.